The van der Waals surface area contributed by atoms with E-state index < -0.39 is 12.2 Å². The molecule has 0 aliphatic carbocycles. The molecule has 5 nitrogen and oxygen atoms in total. The largest absolute Gasteiger partial charge is 0.497 e. The number of nitrogens with one attached hydrogen (secondary N) is 1. The number of amides is 1. The number of ether oxygens (including phenoxy) is 2. The summed E-state index contributed by atoms with van der Waals surface area (Å²) in [6, 6.07) is 17.5. The maximum atomic E-state index is 12.7. The van der Waals surface area contributed by atoms with Crippen LogP contribution in [0.4, 0.5) is 16.2 Å². The summed E-state index contributed by atoms with van der Waals surface area (Å²) in [5.74, 6) is 0.761. The summed E-state index contributed by atoms with van der Waals surface area (Å²) in [5.41, 5.74) is 3.78. The number of anilines is 2. The van der Waals surface area contributed by atoms with E-state index in [-0.39, 0.29) is 0 Å². The van der Waals surface area contributed by atoms with Gasteiger partial charge in [0.2, 0.25) is 0 Å². The summed E-state index contributed by atoms with van der Waals surface area (Å²) in [6.07, 6.45) is -0.964. The molecule has 0 spiro atoms. The molecular formula is C24H28N2O3S. The predicted molar refractivity (Wildman–Crippen MR) is 124 cm³/mol. The van der Waals surface area contributed by atoms with Gasteiger partial charge in [0.05, 0.1) is 7.11 Å². The molecule has 1 amide bonds. The van der Waals surface area contributed by atoms with E-state index in [9.17, 15) is 4.79 Å². The van der Waals surface area contributed by atoms with E-state index >= 15 is 0 Å². The Bertz CT molecular complexity index is 951. The minimum atomic E-state index is -0.483. The second kappa shape index (κ2) is 10.2. The first-order valence-electron chi connectivity index (χ1n) is 10.1. The fraction of sp³-hybridized carbons (Fsp3) is 0.292. The van der Waals surface area contributed by atoms with Gasteiger partial charge in [0.15, 0.2) is 6.10 Å². The lowest BCUT2D eigenvalue weighted by molar-refractivity contribution is 0.132. The SMILES string of the molecule is CCN(CC)c1ccc(NC(=O)OC(c2ccc(OC)cc2)c2cccs2)c(C)c1. The number of hydrogen-bond acceptors (Lipinski definition) is 5. The third kappa shape index (κ3) is 5.13. The van der Waals surface area contributed by atoms with E-state index in [1.54, 1.807) is 18.4 Å². The monoisotopic (exact) mass is 424 g/mol. The third-order valence-corrected chi connectivity index (χ3v) is 5.94. The fourth-order valence-corrected chi connectivity index (χ4v) is 4.11. The molecule has 0 radical (unpaired) electrons. The molecule has 2 aromatic carbocycles. The number of nitrogens with zero attached hydrogens (tertiary/aromatic N) is 1. The van der Waals surface area contributed by atoms with Gasteiger partial charge in [0, 0.05) is 29.3 Å². The Kier molecular flexibility index (Phi) is 7.36. The van der Waals surface area contributed by atoms with E-state index in [1.807, 2.05) is 60.8 Å². The molecule has 1 aromatic heterocycles. The smallest absolute Gasteiger partial charge is 0.412 e. The number of carbonyl (C=O) groups is 1. The van der Waals surface area contributed by atoms with Crippen LogP contribution in [0.25, 0.3) is 0 Å². The normalized spacial score (nSPS) is 11.6. The molecular weight excluding hydrogens is 396 g/mol. The molecule has 158 valence electrons. The first-order chi connectivity index (χ1) is 14.5. The average Bonchev–Trinajstić information content (AvgIpc) is 3.29. The summed E-state index contributed by atoms with van der Waals surface area (Å²) in [4.78, 5) is 16.0. The molecule has 1 unspecified atom stereocenters. The number of methoxy groups -OCH3 is 1. The Hall–Kier alpha value is -2.99. The molecule has 0 aliphatic heterocycles. The van der Waals surface area contributed by atoms with Crippen LogP contribution in [0.3, 0.4) is 0 Å². The van der Waals surface area contributed by atoms with Crippen LogP contribution in [0, 0.1) is 6.92 Å². The zero-order valence-corrected chi connectivity index (χ0v) is 18.7. The third-order valence-electron chi connectivity index (χ3n) is 5.02. The second-order valence-corrected chi connectivity index (χ2v) is 7.85. The molecule has 3 aromatic rings. The van der Waals surface area contributed by atoms with Crippen molar-refractivity contribution < 1.29 is 14.3 Å². The summed E-state index contributed by atoms with van der Waals surface area (Å²) in [6.45, 7) is 8.13. The molecule has 0 fully saturated rings. The molecule has 1 N–H and O–H groups in total. The van der Waals surface area contributed by atoms with Gasteiger partial charge in [0.25, 0.3) is 0 Å². The Morgan fingerprint density at radius 3 is 2.40 bits per heavy atom. The zero-order valence-electron chi connectivity index (χ0n) is 17.8. The maximum absolute atomic E-state index is 12.7. The number of thiophene rings is 1. The highest BCUT2D eigenvalue weighted by Gasteiger charge is 2.21. The Morgan fingerprint density at radius 1 is 1.10 bits per heavy atom. The molecule has 0 bridgehead atoms. The molecule has 1 heterocycles. The van der Waals surface area contributed by atoms with Crippen molar-refractivity contribution in [3.8, 4) is 5.75 Å². The number of rotatable bonds is 8. The van der Waals surface area contributed by atoms with E-state index in [0.29, 0.717) is 0 Å². The molecule has 30 heavy (non-hydrogen) atoms. The Labute approximate surface area is 182 Å². The van der Waals surface area contributed by atoms with E-state index in [2.05, 4.69) is 30.1 Å². The first-order valence-corrected chi connectivity index (χ1v) is 10.9. The van der Waals surface area contributed by atoms with Gasteiger partial charge < -0.3 is 14.4 Å². The van der Waals surface area contributed by atoms with Crippen molar-refractivity contribution in [1.29, 1.82) is 0 Å². The minimum Gasteiger partial charge on any atom is -0.497 e. The van der Waals surface area contributed by atoms with Crippen LogP contribution >= 0.6 is 11.3 Å². The van der Waals surface area contributed by atoms with Crippen LogP contribution in [0.2, 0.25) is 0 Å². The van der Waals surface area contributed by atoms with Gasteiger partial charge in [-0.1, -0.05) is 18.2 Å². The standard InChI is InChI=1S/C24H28N2O3S/c1-5-26(6-2)19-11-14-21(17(3)16-19)25-24(27)29-23(22-8-7-15-30-22)18-9-12-20(28-4)13-10-18/h7-16,23H,5-6H2,1-4H3,(H,25,27). The number of aryl methyl sites for hydroxylation is 1. The molecule has 0 aliphatic rings. The summed E-state index contributed by atoms with van der Waals surface area (Å²) in [5, 5.41) is 4.87. The Morgan fingerprint density at radius 2 is 1.83 bits per heavy atom. The van der Waals surface area contributed by atoms with Gasteiger partial charge in [-0.25, -0.2) is 4.79 Å². The van der Waals surface area contributed by atoms with Crippen molar-refractivity contribution in [2.45, 2.75) is 26.9 Å². The first kappa shape index (κ1) is 21.7. The lowest BCUT2D eigenvalue weighted by Gasteiger charge is -2.22. The average molecular weight is 425 g/mol. The van der Waals surface area contributed by atoms with Crippen LogP contribution in [0.1, 0.15) is 36.0 Å². The van der Waals surface area contributed by atoms with Gasteiger partial charge in [0.1, 0.15) is 5.75 Å². The van der Waals surface area contributed by atoms with Gasteiger partial charge >= 0.3 is 6.09 Å². The van der Waals surface area contributed by atoms with E-state index in [1.165, 1.54) is 0 Å². The number of carbonyl (C=O) groups excluding carboxylic acids is 1. The van der Waals surface area contributed by atoms with Gasteiger partial charge in [-0.15, -0.1) is 11.3 Å². The highest BCUT2D eigenvalue weighted by atomic mass is 32.1. The molecule has 0 saturated carbocycles. The number of hydrogen-bond donors (Lipinski definition) is 1. The second-order valence-electron chi connectivity index (χ2n) is 6.87. The van der Waals surface area contributed by atoms with Gasteiger partial charge in [-0.05, 0) is 73.7 Å². The summed E-state index contributed by atoms with van der Waals surface area (Å²) in [7, 11) is 1.63. The summed E-state index contributed by atoms with van der Waals surface area (Å²) < 4.78 is 11.1. The maximum Gasteiger partial charge on any atom is 0.412 e. The molecule has 1 atom stereocenters. The van der Waals surface area contributed by atoms with Crippen molar-refractivity contribution in [2.24, 2.45) is 0 Å². The van der Waals surface area contributed by atoms with Crippen LogP contribution in [-0.2, 0) is 4.74 Å². The lowest BCUT2D eigenvalue weighted by atomic mass is 10.1. The summed E-state index contributed by atoms with van der Waals surface area (Å²) >= 11 is 1.56. The van der Waals surface area contributed by atoms with Gasteiger partial charge in [-0.2, -0.15) is 0 Å². The number of benzene rings is 2. The molecule has 0 saturated heterocycles. The Balaban J connectivity index is 1.76. The topological polar surface area (TPSA) is 50.8 Å². The predicted octanol–water partition coefficient (Wildman–Crippen LogP) is 6.25. The van der Waals surface area contributed by atoms with Crippen molar-refractivity contribution in [3.05, 3.63) is 76.0 Å². The van der Waals surface area contributed by atoms with Crippen molar-refractivity contribution in [2.75, 3.05) is 30.4 Å². The fourth-order valence-electron chi connectivity index (χ4n) is 3.33. The quantitative estimate of drug-likeness (QED) is 0.464. The van der Waals surface area contributed by atoms with Crippen molar-refractivity contribution in [3.63, 3.8) is 0 Å². The van der Waals surface area contributed by atoms with Crippen LogP contribution in [0.5, 0.6) is 5.75 Å². The van der Waals surface area contributed by atoms with Crippen LogP contribution < -0.4 is 15.0 Å². The van der Waals surface area contributed by atoms with Crippen molar-refractivity contribution >= 4 is 28.8 Å². The van der Waals surface area contributed by atoms with E-state index in [0.717, 1.165) is 46.2 Å². The molecule has 6 heteroatoms. The van der Waals surface area contributed by atoms with Gasteiger partial charge in [-0.3, -0.25) is 5.32 Å². The lowest BCUT2D eigenvalue weighted by Crippen LogP contribution is -2.22. The van der Waals surface area contributed by atoms with E-state index in [4.69, 9.17) is 9.47 Å². The molecule has 3 rings (SSSR count). The zero-order chi connectivity index (χ0) is 21.5. The highest BCUT2D eigenvalue weighted by molar-refractivity contribution is 7.10. The van der Waals surface area contributed by atoms with Crippen molar-refractivity contribution in [1.82, 2.24) is 0 Å². The van der Waals surface area contributed by atoms with Crippen LogP contribution in [0.15, 0.2) is 60.0 Å². The minimum absolute atomic E-state index is 0.480. The highest BCUT2D eigenvalue weighted by Crippen LogP contribution is 2.31. The van der Waals surface area contributed by atoms with Crippen LogP contribution in [-0.4, -0.2) is 26.3 Å².